The number of alkyl halides is 2. The van der Waals surface area contributed by atoms with Gasteiger partial charge < -0.3 is 15.5 Å². The lowest BCUT2D eigenvalue weighted by Crippen LogP contribution is -2.19. The first kappa shape index (κ1) is 12.2. The molecule has 0 aliphatic heterocycles. The third-order valence-electron chi connectivity index (χ3n) is 1.94. The summed E-state index contributed by atoms with van der Waals surface area (Å²) in [6, 6.07) is 1.12. The van der Waals surface area contributed by atoms with Crippen LogP contribution < -0.4 is 11.3 Å². The van der Waals surface area contributed by atoms with E-state index in [1.165, 1.54) is 7.11 Å². The third kappa shape index (κ3) is 2.56. The van der Waals surface area contributed by atoms with Gasteiger partial charge in [0.2, 0.25) is 0 Å². The van der Waals surface area contributed by atoms with Crippen LogP contribution >= 0.6 is 0 Å². The maximum absolute atomic E-state index is 12.4. The van der Waals surface area contributed by atoms with Crippen molar-refractivity contribution in [1.29, 1.82) is 0 Å². The van der Waals surface area contributed by atoms with Crippen LogP contribution in [0.5, 0.6) is 0 Å². The van der Waals surface area contributed by atoms with Crippen molar-refractivity contribution in [3.8, 4) is 0 Å². The van der Waals surface area contributed by atoms with E-state index in [2.05, 4.69) is 9.72 Å². The monoisotopic (exact) mass is 232 g/mol. The number of aromatic nitrogens is 1. The van der Waals surface area contributed by atoms with Crippen molar-refractivity contribution in [2.45, 2.75) is 12.8 Å². The summed E-state index contributed by atoms with van der Waals surface area (Å²) in [5, 5.41) is 0. The van der Waals surface area contributed by atoms with Crippen LogP contribution in [0.25, 0.3) is 0 Å². The maximum Gasteiger partial charge on any atom is 0.311 e. The number of methoxy groups -OCH3 is 1. The largest absolute Gasteiger partial charge is 0.469 e. The lowest BCUT2D eigenvalue weighted by molar-refractivity contribution is -0.139. The Morgan fingerprint density at radius 2 is 2.25 bits per heavy atom. The van der Waals surface area contributed by atoms with Crippen LogP contribution in [0.3, 0.4) is 0 Å². The maximum atomic E-state index is 12.4. The molecule has 0 saturated heterocycles. The third-order valence-corrected chi connectivity index (χ3v) is 1.94. The molecule has 0 fully saturated rings. The number of nitrogens with one attached hydrogen (secondary N) is 1. The van der Waals surface area contributed by atoms with Crippen LogP contribution in [0.1, 0.15) is 17.7 Å². The summed E-state index contributed by atoms with van der Waals surface area (Å²) >= 11 is 0. The fourth-order valence-corrected chi connectivity index (χ4v) is 1.19. The minimum Gasteiger partial charge on any atom is -0.469 e. The zero-order chi connectivity index (χ0) is 12.3. The summed E-state index contributed by atoms with van der Waals surface area (Å²) in [5.74, 6) is -0.597. The van der Waals surface area contributed by atoms with Crippen LogP contribution in [-0.2, 0) is 16.0 Å². The summed E-state index contributed by atoms with van der Waals surface area (Å²) < 4.78 is 29.1. The number of nitrogen functional groups attached to an aromatic ring is 1. The second-order valence-electron chi connectivity index (χ2n) is 3.05. The van der Waals surface area contributed by atoms with Crippen molar-refractivity contribution in [2.24, 2.45) is 0 Å². The second-order valence-corrected chi connectivity index (χ2v) is 3.05. The Morgan fingerprint density at radius 1 is 1.62 bits per heavy atom. The standard InChI is InChI=1S/C9H10F2N2O3/c1-16-6(14)3-4-2-5(12)7(8(10)11)9(15)13-4/h2,8H,3H2,1H3,(H3,12,13,15). The summed E-state index contributed by atoms with van der Waals surface area (Å²) in [6.07, 6.45) is -3.17. The molecule has 1 heterocycles. The molecule has 0 unspecified atom stereocenters. The van der Waals surface area contributed by atoms with Gasteiger partial charge in [0.15, 0.2) is 0 Å². The molecule has 7 heteroatoms. The van der Waals surface area contributed by atoms with Gasteiger partial charge in [-0.2, -0.15) is 0 Å². The number of nitrogens with two attached hydrogens (primary N) is 1. The second kappa shape index (κ2) is 4.73. The molecule has 0 saturated carbocycles. The fraction of sp³-hybridized carbons (Fsp3) is 0.333. The van der Waals surface area contributed by atoms with E-state index in [0.717, 1.165) is 6.07 Å². The van der Waals surface area contributed by atoms with Crippen molar-refractivity contribution in [1.82, 2.24) is 4.98 Å². The van der Waals surface area contributed by atoms with E-state index in [0.29, 0.717) is 0 Å². The molecule has 3 N–H and O–H groups in total. The lowest BCUT2D eigenvalue weighted by atomic mass is 10.2. The van der Waals surface area contributed by atoms with E-state index >= 15 is 0 Å². The van der Waals surface area contributed by atoms with E-state index in [1.807, 2.05) is 0 Å². The van der Waals surface area contributed by atoms with Crippen LogP contribution in [-0.4, -0.2) is 18.1 Å². The lowest BCUT2D eigenvalue weighted by Gasteiger charge is -2.06. The van der Waals surface area contributed by atoms with Crippen molar-refractivity contribution >= 4 is 11.7 Å². The van der Waals surface area contributed by atoms with Gasteiger partial charge in [0.25, 0.3) is 12.0 Å². The highest BCUT2D eigenvalue weighted by atomic mass is 19.3. The molecule has 1 aromatic rings. The molecule has 0 aliphatic rings. The average molecular weight is 232 g/mol. The van der Waals surface area contributed by atoms with Gasteiger partial charge in [0.1, 0.15) is 5.56 Å². The molecule has 0 atom stereocenters. The van der Waals surface area contributed by atoms with E-state index in [-0.39, 0.29) is 17.8 Å². The van der Waals surface area contributed by atoms with Gasteiger partial charge in [-0.15, -0.1) is 0 Å². The van der Waals surface area contributed by atoms with Gasteiger partial charge in [-0.1, -0.05) is 0 Å². The molecule has 16 heavy (non-hydrogen) atoms. The van der Waals surface area contributed by atoms with Crippen molar-refractivity contribution in [3.05, 3.63) is 27.7 Å². The zero-order valence-electron chi connectivity index (χ0n) is 8.42. The Hall–Kier alpha value is -1.92. The molecule has 5 nitrogen and oxygen atoms in total. The number of esters is 1. The number of pyridine rings is 1. The fourth-order valence-electron chi connectivity index (χ4n) is 1.19. The number of carbonyl (C=O) groups excluding carboxylic acids is 1. The van der Waals surface area contributed by atoms with Gasteiger partial charge in [0, 0.05) is 11.4 Å². The zero-order valence-corrected chi connectivity index (χ0v) is 8.42. The highest BCUT2D eigenvalue weighted by molar-refractivity contribution is 5.72. The topological polar surface area (TPSA) is 85.2 Å². The summed E-state index contributed by atoms with van der Waals surface area (Å²) in [5.41, 5.74) is 3.31. The highest BCUT2D eigenvalue weighted by Crippen LogP contribution is 2.21. The average Bonchev–Trinajstić information content (AvgIpc) is 2.15. The number of rotatable bonds is 3. The molecule has 0 spiro atoms. The molecular weight excluding hydrogens is 222 g/mol. The predicted octanol–water partition coefficient (Wildman–Crippen LogP) is 0.610. The number of anilines is 1. The van der Waals surface area contributed by atoms with Crippen LogP contribution in [0.2, 0.25) is 0 Å². The Bertz CT molecular complexity index is 457. The predicted molar refractivity (Wildman–Crippen MR) is 52.2 cm³/mol. The van der Waals surface area contributed by atoms with Crippen molar-refractivity contribution in [2.75, 3.05) is 12.8 Å². The molecule has 0 aromatic carbocycles. The van der Waals surface area contributed by atoms with E-state index in [4.69, 9.17) is 5.73 Å². The molecular formula is C9H10F2N2O3. The minimum atomic E-state index is -2.95. The summed E-state index contributed by atoms with van der Waals surface area (Å²) in [7, 11) is 1.18. The normalized spacial score (nSPS) is 10.5. The highest BCUT2D eigenvalue weighted by Gasteiger charge is 2.17. The van der Waals surface area contributed by atoms with Crippen LogP contribution in [0, 0.1) is 0 Å². The Morgan fingerprint density at radius 3 is 2.69 bits per heavy atom. The number of hydrogen-bond acceptors (Lipinski definition) is 4. The summed E-state index contributed by atoms with van der Waals surface area (Å²) in [6.45, 7) is 0. The number of H-pyrrole nitrogens is 1. The smallest absolute Gasteiger partial charge is 0.311 e. The first-order chi connectivity index (χ1) is 7.45. The molecule has 1 rings (SSSR count). The van der Waals surface area contributed by atoms with Crippen LogP contribution in [0.4, 0.5) is 14.5 Å². The van der Waals surface area contributed by atoms with Gasteiger partial charge in [-0.05, 0) is 6.07 Å². The molecule has 0 radical (unpaired) electrons. The number of hydrogen-bond donors (Lipinski definition) is 2. The quantitative estimate of drug-likeness (QED) is 0.747. The molecule has 0 bridgehead atoms. The van der Waals surface area contributed by atoms with Gasteiger partial charge in [0.05, 0.1) is 13.5 Å². The molecule has 88 valence electrons. The first-order valence-corrected chi connectivity index (χ1v) is 4.32. The SMILES string of the molecule is COC(=O)Cc1cc(N)c(C(F)F)c(=O)[nH]1. The summed E-state index contributed by atoms with van der Waals surface area (Å²) in [4.78, 5) is 24.2. The number of ether oxygens (including phenoxy) is 1. The molecule has 0 amide bonds. The van der Waals surface area contributed by atoms with E-state index in [1.54, 1.807) is 0 Å². The van der Waals surface area contributed by atoms with E-state index in [9.17, 15) is 18.4 Å². The van der Waals surface area contributed by atoms with Crippen molar-refractivity contribution < 1.29 is 18.3 Å². The van der Waals surface area contributed by atoms with Gasteiger partial charge in [-0.3, -0.25) is 9.59 Å². The molecule has 1 aromatic heterocycles. The van der Waals surface area contributed by atoms with E-state index < -0.39 is 23.5 Å². The minimum absolute atomic E-state index is 0.138. The first-order valence-electron chi connectivity index (χ1n) is 4.32. The van der Waals surface area contributed by atoms with Gasteiger partial charge in [-0.25, -0.2) is 8.78 Å². The van der Waals surface area contributed by atoms with Crippen molar-refractivity contribution in [3.63, 3.8) is 0 Å². The number of carbonyl (C=O) groups is 1. The molecule has 0 aliphatic carbocycles. The van der Waals surface area contributed by atoms with Gasteiger partial charge >= 0.3 is 5.97 Å². The Balaban J connectivity index is 3.10. The number of aromatic amines is 1. The Kier molecular flexibility index (Phi) is 3.60. The number of halogens is 2. The Labute approximate surface area is 89.2 Å². The van der Waals surface area contributed by atoms with Crippen LogP contribution in [0.15, 0.2) is 10.9 Å².